The van der Waals surface area contributed by atoms with Gasteiger partial charge in [0.1, 0.15) is 23.6 Å². The van der Waals surface area contributed by atoms with Crippen LogP contribution in [0.1, 0.15) is 37.0 Å². The zero-order valence-electron chi connectivity index (χ0n) is 25.6. The van der Waals surface area contributed by atoms with E-state index in [0.29, 0.717) is 24.8 Å². The van der Waals surface area contributed by atoms with E-state index in [1.807, 2.05) is 18.7 Å². The van der Waals surface area contributed by atoms with Crippen LogP contribution in [0.3, 0.4) is 0 Å². The molecule has 0 unspecified atom stereocenters. The standard InChI is InChI=1S/C31H36F2N8O4S/c1-20(2)46-22-4-5-26(45-31(32)33)23(16-22)28-25(36-30(43)24-17-35-41-9-3-8-34-29(24)41)18-40(37-28)19-27(42)39-10-6-21(7-11-39)38-12-14-44-15-13-38/h3-5,8-9,16-18,20-21,31H,6-7,10-15,19H2,1-2H3,(H,36,43). The number of carbonyl (C=O) groups excluding carboxylic acids is 2. The molecule has 0 saturated carbocycles. The molecular weight excluding hydrogens is 618 g/mol. The molecular formula is C31H36F2N8O4S. The van der Waals surface area contributed by atoms with E-state index in [0.717, 1.165) is 44.0 Å². The van der Waals surface area contributed by atoms with Crippen molar-refractivity contribution in [2.75, 3.05) is 44.7 Å². The number of benzene rings is 1. The average Bonchev–Trinajstić information content (AvgIpc) is 3.66. The second kappa shape index (κ2) is 14.1. The zero-order valence-corrected chi connectivity index (χ0v) is 26.5. The zero-order chi connectivity index (χ0) is 32.2. The van der Waals surface area contributed by atoms with Crippen molar-refractivity contribution in [2.45, 2.75) is 56.0 Å². The van der Waals surface area contributed by atoms with Gasteiger partial charge in [-0.2, -0.15) is 19.0 Å². The van der Waals surface area contributed by atoms with Crippen LogP contribution in [0.4, 0.5) is 14.5 Å². The van der Waals surface area contributed by atoms with Gasteiger partial charge in [-0.1, -0.05) is 13.8 Å². The Morgan fingerprint density at radius 2 is 1.93 bits per heavy atom. The number of hydrogen-bond acceptors (Lipinski definition) is 9. The monoisotopic (exact) mass is 654 g/mol. The summed E-state index contributed by atoms with van der Waals surface area (Å²) in [7, 11) is 0. The number of ether oxygens (including phenoxy) is 2. The average molecular weight is 655 g/mol. The van der Waals surface area contributed by atoms with E-state index < -0.39 is 12.5 Å². The molecule has 2 aliphatic heterocycles. The highest BCUT2D eigenvalue weighted by atomic mass is 32.2. The fourth-order valence-electron chi connectivity index (χ4n) is 5.87. The molecule has 6 rings (SSSR count). The van der Waals surface area contributed by atoms with E-state index in [9.17, 15) is 18.4 Å². The summed E-state index contributed by atoms with van der Waals surface area (Å²) < 4.78 is 40.3. The second-order valence-corrected chi connectivity index (χ2v) is 13.1. The number of aromatic nitrogens is 5. The lowest BCUT2D eigenvalue weighted by Gasteiger charge is -2.40. The highest BCUT2D eigenvalue weighted by molar-refractivity contribution is 7.99. The molecule has 12 nitrogen and oxygen atoms in total. The van der Waals surface area contributed by atoms with E-state index in [-0.39, 0.29) is 46.0 Å². The summed E-state index contributed by atoms with van der Waals surface area (Å²) in [6.45, 7) is 5.41. The topological polar surface area (TPSA) is 119 Å². The number of amides is 2. The summed E-state index contributed by atoms with van der Waals surface area (Å²) in [5, 5.41) is 11.9. The molecule has 2 amide bonds. The lowest BCUT2D eigenvalue weighted by atomic mass is 10.0. The van der Waals surface area contributed by atoms with Gasteiger partial charge >= 0.3 is 6.61 Å². The van der Waals surface area contributed by atoms with Crippen LogP contribution in [-0.2, 0) is 16.1 Å². The molecule has 4 aromatic rings. The predicted octanol–water partition coefficient (Wildman–Crippen LogP) is 4.27. The fourth-order valence-corrected chi connectivity index (χ4v) is 6.75. The number of rotatable bonds is 10. The maximum atomic E-state index is 13.5. The van der Waals surface area contributed by atoms with Gasteiger partial charge < -0.3 is 19.7 Å². The van der Waals surface area contributed by atoms with Gasteiger partial charge in [-0.25, -0.2) is 9.50 Å². The van der Waals surface area contributed by atoms with Crippen molar-refractivity contribution in [3.63, 3.8) is 0 Å². The molecule has 0 atom stereocenters. The third-order valence-electron chi connectivity index (χ3n) is 8.00. The van der Waals surface area contributed by atoms with Crippen LogP contribution in [0.2, 0.25) is 0 Å². The molecule has 1 aromatic carbocycles. The lowest BCUT2D eigenvalue weighted by Crippen LogP contribution is -2.50. The summed E-state index contributed by atoms with van der Waals surface area (Å²) in [5.74, 6) is -0.736. The first kappa shape index (κ1) is 31.9. The van der Waals surface area contributed by atoms with Gasteiger partial charge in [0, 0.05) is 66.5 Å². The Morgan fingerprint density at radius 3 is 2.67 bits per heavy atom. The van der Waals surface area contributed by atoms with Gasteiger partial charge in [0.25, 0.3) is 5.91 Å². The van der Waals surface area contributed by atoms with E-state index >= 15 is 0 Å². The number of piperidine rings is 1. The Kier molecular flexibility index (Phi) is 9.80. The smallest absolute Gasteiger partial charge is 0.387 e. The lowest BCUT2D eigenvalue weighted by molar-refractivity contribution is -0.133. The van der Waals surface area contributed by atoms with Gasteiger partial charge in [0.05, 0.1) is 25.1 Å². The number of carbonyl (C=O) groups is 2. The number of halogens is 2. The molecule has 2 fully saturated rings. The molecule has 15 heteroatoms. The molecule has 0 bridgehead atoms. The molecule has 0 spiro atoms. The number of nitrogens with one attached hydrogen (secondary N) is 1. The summed E-state index contributed by atoms with van der Waals surface area (Å²) in [6, 6.07) is 6.99. The molecule has 0 aliphatic carbocycles. The van der Waals surface area contributed by atoms with Crippen LogP contribution in [0, 0.1) is 0 Å². The Morgan fingerprint density at radius 1 is 1.15 bits per heavy atom. The minimum Gasteiger partial charge on any atom is -0.434 e. The van der Waals surface area contributed by atoms with Crippen molar-refractivity contribution < 1.29 is 27.8 Å². The number of likely N-dealkylation sites (tertiary alicyclic amines) is 1. The molecule has 244 valence electrons. The summed E-state index contributed by atoms with van der Waals surface area (Å²) in [4.78, 5) is 36.3. The van der Waals surface area contributed by atoms with Crippen molar-refractivity contribution in [3.8, 4) is 17.0 Å². The van der Waals surface area contributed by atoms with Crippen LogP contribution in [-0.4, -0.2) is 103 Å². The predicted molar refractivity (Wildman–Crippen MR) is 168 cm³/mol. The number of hydrogen-bond donors (Lipinski definition) is 1. The van der Waals surface area contributed by atoms with Crippen LogP contribution in [0.5, 0.6) is 5.75 Å². The largest absolute Gasteiger partial charge is 0.434 e. The summed E-state index contributed by atoms with van der Waals surface area (Å²) in [5.41, 5.74) is 1.24. The molecule has 46 heavy (non-hydrogen) atoms. The third kappa shape index (κ3) is 7.32. The van der Waals surface area contributed by atoms with Crippen molar-refractivity contribution in [2.24, 2.45) is 0 Å². The minimum atomic E-state index is -3.07. The fraction of sp³-hybridized carbons (Fsp3) is 0.452. The molecule has 2 aliphatic rings. The Balaban J connectivity index is 1.28. The summed E-state index contributed by atoms with van der Waals surface area (Å²) in [6.07, 6.45) is 7.91. The molecule has 0 radical (unpaired) electrons. The number of morpholine rings is 1. The third-order valence-corrected chi connectivity index (χ3v) is 9.00. The van der Waals surface area contributed by atoms with E-state index in [1.165, 1.54) is 21.5 Å². The van der Waals surface area contributed by atoms with Gasteiger partial charge in [-0.05, 0) is 37.1 Å². The maximum Gasteiger partial charge on any atom is 0.387 e. The first-order valence-electron chi connectivity index (χ1n) is 15.3. The molecule has 1 N–H and O–H groups in total. The number of anilines is 1. The first-order valence-corrected chi connectivity index (χ1v) is 16.2. The van der Waals surface area contributed by atoms with Gasteiger partial charge in [-0.15, -0.1) is 11.8 Å². The van der Waals surface area contributed by atoms with Crippen molar-refractivity contribution in [3.05, 3.63) is 54.6 Å². The maximum absolute atomic E-state index is 13.5. The second-order valence-electron chi connectivity index (χ2n) is 11.5. The van der Waals surface area contributed by atoms with Crippen LogP contribution < -0.4 is 10.1 Å². The van der Waals surface area contributed by atoms with Crippen molar-refractivity contribution >= 4 is 34.9 Å². The van der Waals surface area contributed by atoms with Crippen molar-refractivity contribution in [1.82, 2.24) is 34.2 Å². The van der Waals surface area contributed by atoms with Crippen LogP contribution in [0.25, 0.3) is 16.9 Å². The first-order chi connectivity index (χ1) is 22.2. The molecule has 5 heterocycles. The van der Waals surface area contributed by atoms with Crippen LogP contribution in [0.15, 0.2) is 53.9 Å². The number of thioether (sulfide) groups is 1. The Bertz CT molecular complexity index is 1680. The highest BCUT2D eigenvalue weighted by Gasteiger charge is 2.29. The van der Waals surface area contributed by atoms with Crippen LogP contribution >= 0.6 is 11.8 Å². The number of fused-ring (bicyclic) bond motifs is 1. The Hall–Kier alpha value is -4.08. The number of alkyl halides is 2. The molecule has 3 aromatic heterocycles. The normalized spacial score (nSPS) is 16.4. The Labute approximate surface area is 269 Å². The minimum absolute atomic E-state index is 0.0885. The van der Waals surface area contributed by atoms with E-state index in [2.05, 4.69) is 25.4 Å². The summed E-state index contributed by atoms with van der Waals surface area (Å²) >= 11 is 1.55. The SMILES string of the molecule is CC(C)Sc1ccc(OC(F)F)c(-c2nn(CC(=O)N3CCC(N4CCOCC4)CC3)cc2NC(=O)c2cnn3cccnc23)c1. The van der Waals surface area contributed by atoms with E-state index in [4.69, 9.17) is 9.47 Å². The van der Waals surface area contributed by atoms with Crippen molar-refractivity contribution in [1.29, 1.82) is 0 Å². The van der Waals surface area contributed by atoms with Gasteiger partial charge in [0.15, 0.2) is 5.65 Å². The van der Waals surface area contributed by atoms with Gasteiger partial charge in [-0.3, -0.25) is 19.2 Å². The quantitative estimate of drug-likeness (QED) is 0.250. The van der Waals surface area contributed by atoms with Gasteiger partial charge in [0.2, 0.25) is 5.91 Å². The van der Waals surface area contributed by atoms with E-state index in [1.54, 1.807) is 48.6 Å². The highest BCUT2D eigenvalue weighted by Crippen LogP contribution is 2.39. The molecule has 2 saturated heterocycles. The number of nitrogens with zero attached hydrogens (tertiary/aromatic N) is 7.